The molecule has 0 spiro atoms. The minimum absolute atomic E-state index is 0.0460. The lowest BCUT2D eigenvalue weighted by atomic mass is 10.0. The molecule has 1 unspecified atom stereocenters. The SMILES string of the molecule is CCC(C)(C)NC(=O)CNC(C)c1ccccc1. The first kappa shape index (κ1) is 14.7. The Bertz CT molecular complexity index is 373. The zero-order valence-corrected chi connectivity index (χ0v) is 11.8. The molecule has 0 fully saturated rings. The van der Waals surface area contributed by atoms with Crippen LogP contribution >= 0.6 is 0 Å². The van der Waals surface area contributed by atoms with Crippen LogP contribution in [0, 0.1) is 0 Å². The van der Waals surface area contributed by atoms with Crippen LogP contribution in [0.3, 0.4) is 0 Å². The summed E-state index contributed by atoms with van der Waals surface area (Å²) in [4.78, 5) is 11.8. The molecule has 0 radical (unpaired) electrons. The minimum Gasteiger partial charge on any atom is -0.350 e. The summed E-state index contributed by atoms with van der Waals surface area (Å²) in [5, 5.41) is 6.24. The van der Waals surface area contributed by atoms with E-state index in [0.29, 0.717) is 6.54 Å². The van der Waals surface area contributed by atoms with E-state index in [0.717, 1.165) is 6.42 Å². The van der Waals surface area contributed by atoms with Gasteiger partial charge in [0, 0.05) is 11.6 Å². The number of benzene rings is 1. The van der Waals surface area contributed by atoms with E-state index in [-0.39, 0.29) is 17.5 Å². The molecule has 1 atom stereocenters. The predicted octanol–water partition coefficient (Wildman–Crippen LogP) is 2.64. The summed E-state index contributed by atoms with van der Waals surface area (Å²) >= 11 is 0. The van der Waals surface area contributed by atoms with Gasteiger partial charge in [0.2, 0.25) is 5.91 Å². The molecular formula is C15H24N2O. The Kier molecular flexibility index (Phi) is 5.35. The summed E-state index contributed by atoms with van der Waals surface area (Å²) in [5.74, 6) is 0.0460. The van der Waals surface area contributed by atoms with Gasteiger partial charge in [-0.1, -0.05) is 37.3 Å². The largest absolute Gasteiger partial charge is 0.350 e. The van der Waals surface area contributed by atoms with E-state index in [1.807, 2.05) is 32.0 Å². The molecule has 2 N–H and O–H groups in total. The molecule has 0 aliphatic rings. The molecule has 1 aromatic carbocycles. The zero-order chi connectivity index (χ0) is 13.6. The summed E-state index contributed by atoms with van der Waals surface area (Å²) in [6, 6.07) is 10.3. The number of hydrogen-bond acceptors (Lipinski definition) is 2. The third-order valence-corrected chi connectivity index (χ3v) is 3.23. The van der Waals surface area contributed by atoms with E-state index in [9.17, 15) is 4.79 Å². The lowest BCUT2D eigenvalue weighted by molar-refractivity contribution is -0.122. The van der Waals surface area contributed by atoms with Gasteiger partial charge in [0.15, 0.2) is 0 Å². The van der Waals surface area contributed by atoms with Gasteiger partial charge in [0.1, 0.15) is 0 Å². The molecule has 0 aromatic heterocycles. The molecular weight excluding hydrogens is 224 g/mol. The van der Waals surface area contributed by atoms with Crippen LogP contribution in [0.4, 0.5) is 0 Å². The smallest absolute Gasteiger partial charge is 0.234 e. The molecule has 0 heterocycles. The maximum atomic E-state index is 11.8. The van der Waals surface area contributed by atoms with Crippen LogP contribution in [0.15, 0.2) is 30.3 Å². The highest BCUT2D eigenvalue weighted by Crippen LogP contribution is 2.10. The second-order valence-corrected chi connectivity index (χ2v) is 5.30. The summed E-state index contributed by atoms with van der Waals surface area (Å²) in [6.07, 6.45) is 0.924. The Hall–Kier alpha value is -1.35. The van der Waals surface area contributed by atoms with Gasteiger partial charge in [-0.05, 0) is 32.8 Å². The number of hydrogen-bond donors (Lipinski definition) is 2. The van der Waals surface area contributed by atoms with E-state index < -0.39 is 0 Å². The summed E-state index contributed by atoms with van der Waals surface area (Å²) in [5.41, 5.74) is 1.06. The van der Waals surface area contributed by atoms with Gasteiger partial charge in [-0.25, -0.2) is 0 Å². The van der Waals surface area contributed by atoms with E-state index >= 15 is 0 Å². The molecule has 0 aliphatic carbocycles. The number of rotatable bonds is 6. The van der Waals surface area contributed by atoms with Gasteiger partial charge in [-0.2, -0.15) is 0 Å². The second kappa shape index (κ2) is 6.55. The Labute approximate surface area is 110 Å². The molecule has 100 valence electrons. The van der Waals surface area contributed by atoms with Crippen molar-refractivity contribution >= 4 is 5.91 Å². The van der Waals surface area contributed by atoms with E-state index in [1.54, 1.807) is 0 Å². The normalized spacial score (nSPS) is 13.1. The Morgan fingerprint density at radius 1 is 1.28 bits per heavy atom. The predicted molar refractivity (Wildman–Crippen MR) is 75.4 cm³/mol. The van der Waals surface area contributed by atoms with Crippen LogP contribution in [-0.4, -0.2) is 18.0 Å². The highest BCUT2D eigenvalue weighted by atomic mass is 16.2. The van der Waals surface area contributed by atoms with Crippen molar-refractivity contribution in [1.82, 2.24) is 10.6 Å². The second-order valence-electron chi connectivity index (χ2n) is 5.30. The van der Waals surface area contributed by atoms with E-state index in [4.69, 9.17) is 0 Å². The van der Waals surface area contributed by atoms with Gasteiger partial charge >= 0.3 is 0 Å². The molecule has 0 bridgehead atoms. The highest BCUT2D eigenvalue weighted by molar-refractivity contribution is 5.78. The van der Waals surface area contributed by atoms with E-state index in [2.05, 4.69) is 36.6 Å². The van der Waals surface area contributed by atoms with Gasteiger partial charge in [-0.3, -0.25) is 4.79 Å². The topological polar surface area (TPSA) is 41.1 Å². The van der Waals surface area contributed by atoms with Crippen LogP contribution in [0.25, 0.3) is 0 Å². The molecule has 3 nitrogen and oxygen atoms in total. The number of nitrogens with one attached hydrogen (secondary N) is 2. The molecule has 18 heavy (non-hydrogen) atoms. The molecule has 0 aliphatic heterocycles. The number of carbonyl (C=O) groups excluding carboxylic acids is 1. The van der Waals surface area contributed by atoms with Crippen molar-refractivity contribution in [2.24, 2.45) is 0 Å². The Morgan fingerprint density at radius 3 is 2.44 bits per heavy atom. The summed E-state index contributed by atoms with van der Waals surface area (Å²) in [7, 11) is 0. The monoisotopic (exact) mass is 248 g/mol. The molecule has 1 aromatic rings. The van der Waals surface area contributed by atoms with Gasteiger partial charge < -0.3 is 10.6 Å². The summed E-state index contributed by atoms with van der Waals surface area (Å²) in [6.45, 7) is 8.55. The first-order valence-corrected chi connectivity index (χ1v) is 6.54. The van der Waals surface area contributed by atoms with Crippen molar-refractivity contribution in [3.05, 3.63) is 35.9 Å². The first-order chi connectivity index (χ1) is 8.44. The highest BCUT2D eigenvalue weighted by Gasteiger charge is 2.17. The van der Waals surface area contributed by atoms with E-state index in [1.165, 1.54) is 5.56 Å². The fourth-order valence-electron chi connectivity index (χ4n) is 1.62. The molecule has 1 rings (SSSR count). The van der Waals surface area contributed by atoms with Crippen molar-refractivity contribution in [2.75, 3.05) is 6.54 Å². The van der Waals surface area contributed by atoms with Crippen LogP contribution in [-0.2, 0) is 4.79 Å². The van der Waals surface area contributed by atoms with Crippen LogP contribution < -0.4 is 10.6 Å². The maximum absolute atomic E-state index is 11.8. The Morgan fingerprint density at radius 2 is 1.89 bits per heavy atom. The van der Waals surface area contributed by atoms with Gasteiger partial charge in [0.05, 0.1) is 6.54 Å². The van der Waals surface area contributed by atoms with Crippen molar-refractivity contribution in [3.8, 4) is 0 Å². The third kappa shape index (κ3) is 4.88. The van der Waals surface area contributed by atoms with Crippen molar-refractivity contribution in [1.29, 1.82) is 0 Å². The lowest BCUT2D eigenvalue weighted by Gasteiger charge is -2.25. The standard InChI is InChI=1S/C15H24N2O/c1-5-15(3,4)17-14(18)11-16-12(2)13-9-7-6-8-10-13/h6-10,12,16H,5,11H2,1-4H3,(H,17,18). The zero-order valence-electron chi connectivity index (χ0n) is 11.8. The third-order valence-electron chi connectivity index (χ3n) is 3.23. The van der Waals surface area contributed by atoms with Crippen LogP contribution in [0.5, 0.6) is 0 Å². The van der Waals surface area contributed by atoms with Crippen LogP contribution in [0.2, 0.25) is 0 Å². The molecule has 0 saturated carbocycles. The fourth-order valence-corrected chi connectivity index (χ4v) is 1.62. The Balaban J connectivity index is 2.39. The fraction of sp³-hybridized carbons (Fsp3) is 0.533. The summed E-state index contributed by atoms with van der Waals surface area (Å²) < 4.78 is 0. The lowest BCUT2D eigenvalue weighted by Crippen LogP contribution is -2.46. The van der Waals surface area contributed by atoms with Crippen molar-refractivity contribution in [3.63, 3.8) is 0 Å². The van der Waals surface area contributed by atoms with Crippen molar-refractivity contribution < 1.29 is 4.79 Å². The molecule has 3 heteroatoms. The number of carbonyl (C=O) groups is 1. The average molecular weight is 248 g/mol. The minimum atomic E-state index is -0.130. The molecule has 0 saturated heterocycles. The maximum Gasteiger partial charge on any atom is 0.234 e. The number of amides is 1. The van der Waals surface area contributed by atoms with Gasteiger partial charge in [-0.15, -0.1) is 0 Å². The van der Waals surface area contributed by atoms with Crippen molar-refractivity contribution in [2.45, 2.75) is 45.7 Å². The van der Waals surface area contributed by atoms with Gasteiger partial charge in [0.25, 0.3) is 0 Å². The average Bonchev–Trinajstić information content (AvgIpc) is 2.36. The molecule has 1 amide bonds. The quantitative estimate of drug-likeness (QED) is 0.812. The van der Waals surface area contributed by atoms with Crippen LogP contribution in [0.1, 0.15) is 45.7 Å². The first-order valence-electron chi connectivity index (χ1n) is 6.54.